The van der Waals surface area contributed by atoms with Crippen molar-refractivity contribution in [2.75, 3.05) is 18.1 Å². The fourth-order valence-corrected chi connectivity index (χ4v) is 4.17. The molecule has 1 fully saturated rings. The Balaban J connectivity index is 1.69. The highest BCUT2D eigenvalue weighted by molar-refractivity contribution is 6.51. The Labute approximate surface area is 194 Å². The van der Waals surface area contributed by atoms with Gasteiger partial charge in [0.25, 0.3) is 11.7 Å². The first kappa shape index (κ1) is 21.0. The molecule has 0 saturated carbocycles. The first-order chi connectivity index (χ1) is 16.0. The lowest BCUT2D eigenvalue weighted by molar-refractivity contribution is -0.132. The van der Waals surface area contributed by atoms with Gasteiger partial charge >= 0.3 is 0 Å². The van der Waals surface area contributed by atoms with Crippen LogP contribution >= 0.6 is 11.6 Å². The number of aliphatic hydroxyl groups is 1. The molecular weight excluding hydrogens is 444 g/mol. The number of anilines is 1. The second-order valence-electron chi connectivity index (χ2n) is 7.72. The predicted octanol–water partition coefficient (Wildman–Crippen LogP) is 4.44. The summed E-state index contributed by atoms with van der Waals surface area (Å²) in [6, 6.07) is 14.3. The van der Waals surface area contributed by atoms with Gasteiger partial charge in [0.15, 0.2) is 11.5 Å². The Hall–Kier alpha value is -3.84. The standard InChI is InChI=1S/C25H19ClN2O5/c1-14-5-7-16(13-17(14)26)28-22(18-4-2-3-9-27-18)21(24(30)25(28)31)23(29)15-6-8-19-20(12-15)33-11-10-32-19/h2-9,12-13,22,29H,10-11H2,1H3/b23-21-. The van der Waals surface area contributed by atoms with E-state index in [1.807, 2.05) is 6.92 Å². The molecule has 1 aromatic heterocycles. The number of ketones is 1. The molecule has 1 unspecified atom stereocenters. The van der Waals surface area contributed by atoms with Gasteiger partial charge in [-0.15, -0.1) is 0 Å². The summed E-state index contributed by atoms with van der Waals surface area (Å²) in [6.45, 7) is 2.66. The molecule has 3 heterocycles. The number of ether oxygens (including phenoxy) is 2. The molecule has 33 heavy (non-hydrogen) atoms. The second kappa shape index (κ2) is 8.26. The molecule has 2 aliphatic heterocycles. The summed E-state index contributed by atoms with van der Waals surface area (Å²) in [5, 5.41) is 11.7. The Kier molecular flexibility index (Phi) is 5.26. The molecule has 5 rings (SSSR count). The number of Topliss-reactive ketones (excluding diaryl/α,β-unsaturated/α-hetero) is 1. The van der Waals surface area contributed by atoms with Crippen molar-refractivity contribution in [3.8, 4) is 11.5 Å². The Morgan fingerprint density at radius 2 is 1.85 bits per heavy atom. The topological polar surface area (TPSA) is 89.0 Å². The number of rotatable bonds is 3. The summed E-state index contributed by atoms with van der Waals surface area (Å²) in [7, 11) is 0. The van der Waals surface area contributed by atoms with E-state index in [1.54, 1.807) is 60.8 Å². The normalized spacial score (nSPS) is 19.1. The molecule has 0 radical (unpaired) electrons. The predicted molar refractivity (Wildman–Crippen MR) is 123 cm³/mol. The maximum atomic E-state index is 13.2. The number of pyridine rings is 1. The highest BCUT2D eigenvalue weighted by Gasteiger charge is 2.47. The van der Waals surface area contributed by atoms with Crippen molar-refractivity contribution in [3.63, 3.8) is 0 Å². The fourth-order valence-electron chi connectivity index (χ4n) is 3.99. The van der Waals surface area contributed by atoms with Crippen LogP contribution in [-0.2, 0) is 9.59 Å². The van der Waals surface area contributed by atoms with Crippen molar-refractivity contribution in [1.82, 2.24) is 4.98 Å². The zero-order valence-electron chi connectivity index (χ0n) is 17.6. The number of carbonyl (C=O) groups is 2. The van der Waals surface area contributed by atoms with Gasteiger partial charge in [0.2, 0.25) is 0 Å². The van der Waals surface area contributed by atoms with E-state index in [-0.39, 0.29) is 11.3 Å². The van der Waals surface area contributed by atoms with Crippen LogP contribution in [0, 0.1) is 6.92 Å². The van der Waals surface area contributed by atoms with Crippen LogP contribution in [0.1, 0.15) is 22.9 Å². The second-order valence-corrected chi connectivity index (χ2v) is 8.12. The summed E-state index contributed by atoms with van der Waals surface area (Å²) in [4.78, 5) is 32.1. The SMILES string of the molecule is Cc1ccc(N2C(=O)C(=O)/C(=C(\O)c3ccc4c(c3)OCCO4)C2c2ccccn2)cc1Cl. The maximum absolute atomic E-state index is 13.2. The fraction of sp³-hybridized carbons (Fsp3) is 0.160. The zero-order chi connectivity index (χ0) is 23.1. The minimum atomic E-state index is -0.932. The third-order valence-corrected chi connectivity index (χ3v) is 6.07. The van der Waals surface area contributed by atoms with Gasteiger partial charge in [-0.05, 0) is 55.0 Å². The molecule has 1 amide bonds. The van der Waals surface area contributed by atoms with Gasteiger partial charge in [-0.25, -0.2) is 0 Å². The Morgan fingerprint density at radius 1 is 1.06 bits per heavy atom. The number of fused-ring (bicyclic) bond motifs is 1. The highest BCUT2D eigenvalue weighted by atomic mass is 35.5. The van der Waals surface area contributed by atoms with E-state index in [2.05, 4.69) is 4.98 Å². The molecule has 3 aromatic rings. The molecule has 1 N–H and O–H groups in total. The summed E-state index contributed by atoms with van der Waals surface area (Å²) >= 11 is 6.31. The summed E-state index contributed by atoms with van der Waals surface area (Å²) < 4.78 is 11.1. The van der Waals surface area contributed by atoms with E-state index in [1.165, 1.54) is 4.90 Å². The van der Waals surface area contributed by atoms with Crippen LogP contribution in [0.25, 0.3) is 5.76 Å². The average molecular weight is 463 g/mol. The first-order valence-electron chi connectivity index (χ1n) is 10.3. The number of nitrogens with zero attached hydrogens (tertiary/aromatic N) is 2. The van der Waals surface area contributed by atoms with E-state index in [0.717, 1.165) is 5.56 Å². The van der Waals surface area contributed by atoms with E-state index in [0.29, 0.717) is 46.7 Å². The number of halogens is 1. The summed E-state index contributed by atoms with van der Waals surface area (Å²) in [5.74, 6) is -0.894. The van der Waals surface area contributed by atoms with Gasteiger partial charge in [-0.3, -0.25) is 19.5 Å². The number of benzene rings is 2. The molecule has 1 saturated heterocycles. The minimum Gasteiger partial charge on any atom is -0.507 e. The number of aryl methyl sites for hydroxylation is 1. The van der Waals surface area contributed by atoms with Gasteiger partial charge in [-0.1, -0.05) is 23.7 Å². The largest absolute Gasteiger partial charge is 0.507 e. The van der Waals surface area contributed by atoms with Crippen molar-refractivity contribution < 1.29 is 24.2 Å². The van der Waals surface area contributed by atoms with Gasteiger partial charge in [0.1, 0.15) is 25.0 Å². The lowest BCUT2D eigenvalue weighted by Crippen LogP contribution is -2.29. The van der Waals surface area contributed by atoms with E-state index < -0.39 is 17.7 Å². The molecule has 1 atom stereocenters. The minimum absolute atomic E-state index is 0.0629. The number of aliphatic hydroxyl groups excluding tert-OH is 1. The van der Waals surface area contributed by atoms with Crippen LogP contribution in [0.5, 0.6) is 11.5 Å². The third-order valence-electron chi connectivity index (χ3n) is 5.66. The van der Waals surface area contributed by atoms with Crippen LogP contribution in [0.4, 0.5) is 5.69 Å². The van der Waals surface area contributed by atoms with Crippen LogP contribution in [0.15, 0.2) is 66.4 Å². The van der Waals surface area contributed by atoms with Crippen molar-refractivity contribution in [1.29, 1.82) is 0 Å². The summed E-state index contributed by atoms with van der Waals surface area (Å²) in [6.07, 6.45) is 1.57. The molecule has 2 aromatic carbocycles. The quantitative estimate of drug-likeness (QED) is 0.351. The molecule has 0 bridgehead atoms. The lowest BCUT2D eigenvalue weighted by Gasteiger charge is -2.25. The van der Waals surface area contributed by atoms with Crippen molar-refractivity contribution in [2.24, 2.45) is 0 Å². The lowest BCUT2D eigenvalue weighted by atomic mass is 9.98. The molecule has 2 aliphatic rings. The average Bonchev–Trinajstić information content (AvgIpc) is 3.11. The van der Waals surface area contributed by atoms with Gasteiger partial charge in [0, 0.05) is 22.5 Å². The molecule has 0 spiro atoms. The van der Waals surface area contributed by atoms with Crippen LogP contribution in [-0.4, -0.2) is 35.0 Å². The number of hydrogen-bond acceptors (Lipinski definition) is 6. The molecule has 8 heteroatoms. The van der Waals surface area contributed by atoms with Crippen LogP contribution < -0.4 is 14.4 Å². The Bertz CT molecular complexity index is 1310. The van der Waals surface area contributed by atoms with Crippen molar-refractivity contribution in [3.05, 3.63) is 88.2 Å². The molecular formula is C25H19ClN2O5. The van der Waals surface area contributed by atoms with E-state index in [4.69, 9.17) is 21.1 Å². The number of carbonyl (C=O) groups excluding carboxylic acids is 2. The highest BCUT2D eigenvalue weighted by Crippen LogP contribution is 2.43. The van der Waals surface area contributed by atoms with Gasteiger partial charge < -0.3 is 14.6 Å². The van der Waals surface area contributed by atoms with Crippen molar-refractivity contribution >= 4 is 34.7 Å². The van der Waals surface area contributed by atoms with Crippen LogP contribution in [0.2, 0.25) is 5.02 Å². The Morgan fingerprint density at radius 3 is 2.58 bits per heavy atom. The molecule has 166 valence electrons. The molecule has 7 nitrogen and oxygen atoms in total. The monoisotopic (exact) mass is 462 g/mol. The van der Waals surface area contributed by atoms with Gasteiger partial charge in [0.05, 0.1) is 11.3 Å². The first-order valence-corrected chi connectivity index (χ1v) is 10.7. The number of hydrogen-bond donors (Lipinski definition) is 1. The van der Waals surface area contributed by atoms with Crippen LogP contribution in [0.3, 0.4) is 0 Å². The maximum Gasteiger partial charge on any atom is 0.300 e. The number of aromatic nitrogens is 1. The smallest absolute Gasteiger partial charge is 0.300 e. The zero-order valence-corrected chi connectivity index (χ0v) is 18.4. The number of amides is 1. The third kappa shape index (κ3) is 3.60. The van der Waals surface area contributed by atoms with E-state index >= 15 is 0 Å². The molecule has 0 aliphatic carbocycles. The summed E-state index contributed by atoms with van der Waals surface area (Å²) in [5.41, 5.74) is 1.98. The van der Waals surface area contributed by atoms with E-state index in [9.17, 15) is 14.7 Å². The van der Waals surface area contributed by atoms with Crippen molar-refractivity contribution in [2.45, 2.75) is 13.0 Å². The van der Waals surface area contributed by atoms with Gasteiger partial charge in [-0.2, -0.15) is 0 Å².